The minimum Gasteiger partial charge on any atom is -0.298 e. The Kier molecular flexibility index (Phi) is 7.84. The molecule has 0 N–H and O–H groups in total. The van der Waals surface area contributed by atoms with Crippen LogP contribution in [0.4, 0.5) is 8.78 Å². The lowest BCUT2D eigenvalue weighted by Crippen LogP contribution is -2.44. The molecule has 1 fully saturated rings. The van der Waals surface area contributed by atoms with Gasteiger partial charge in [-0.2, -0.15) is 5.26 Å². The van der Waals surface area contributed by atoms with E-state index in [1.54, 1.807) is 0 Å². The zero-order valence-electron chi connectivity index (χ0n) is 19.0. The standard InChI is InChI=1S/C27H34F2N2/c1-20(2)31(18-16-22-9-5-4-6-10-22)21(3)15-17-27(19-30,23-11-7-12-23)26-24(28)13-8-14-25(26)29/h4-6,8-10,13-14,20-21,23H,7,11-12,15-18H2,1-3H3. The van der Waals surface area contributed by atoms with E-state index in [0.717, 1.165) is 38.6 Å². The van der Waals surface area contributed by atoms with E-state index in [0.29, 0.717) is 12.5 Å². The Labute approximate surface area is 185 Å². The van der Waals surface area contributed by atoms with Crippen molar-refractivity contribution in [2.75, 3.05) is 6.54 Å². The fraction of sp³-hybridized carbons (Fsp3) is 0.519. The highest BCUT2D eigenvalue weighted by atomic mass is 19.1. The first kappa shape index (κ1) is 23.4. The molecule has 2 unspecified atom stereocenters. The Bertz CT molecular complexity index is 866. The molecule has 0 radical (unpaired) electrons. The van der Waals surface area contributed by atoms with Gasteiger partial charge in [-0.1, -0.05) is 42.8 Å². The van der Waals surface area contributed by atoms with Gasteiger partial charge in [0.2, 0.25) is 0 Å². The fourth-order valence-corrected chi connectivity index (χ4v) is 5.05. The summed E-state index contributed by atoms with van der Waals surface area (Å²) in [7, 11) is 0. The Balaban J connectivity index is 1.77. The van der Waals surface area contributed by atoms with Crippen LogP contribution >= 0.6 is 0 Å². The molecule has 0 aliphatic heterocycles. The van der Waals surface area contributed by atoms with Gasteiger partial charge < -0.3 is 0 Å². The Morgan fingerprint density at radius 2 is 1.68 bits per heavy atom. The number of rotatable bonds is 10. The van der Waals surface area contributed by atoms with Gasteiger partial charge in [-0.05, 0) is 76.5 Å². The average molecular weight is 425 g/mol. The first-order chi connectivity index (χ1) is 14.9. The summed E-state index contributed by atoms with van der Waals surface area (Å²) < 4.78 is 29.5. The Morgan fingerprint density at radius 1 is 1.03 bits per heavy atom. The van der Waals surface area contributed by atoms with E-state index in [2.05, 4.69) is 56.0 Å². The van der Waals surface area contributed by atoms with Crippen molar-refractivity contribution in [2.45, 2.75) is 76.8 Å². The Hall–Kier alpha value is -2.25. The second-order valence-corrected chi connectivity index (χ2v) is 9.26. The number of halogens is 2. The van der Waals surface area contributed by atoms with Crippen LogP contribution in [0.25, 0.3) is 0 Å². The SMILES string of the molecule is CC(C)N(CCc1ccccc1)C(C)CCC(C#N)(c1c(F)cccc1F)C1CCC1. The molecule has 3 rings (SSSR count). The van der Waals surface area contributed by atoms with Crippen LogP contribution in [-0.2, 0) is 11.8 Å². The van der Waals surface area contributed by atoms with Gasteiger partial charge in [0.05, 0.1) is 11.5 Å². The first-order valence-electron chi connectivity index (χ1n) is 11.5. The van der Waals surface area contributed by atoms with Crippen LogP contribution < -0.4 is 0 Å². The maximum Gasteiger partial charge on any atom is 0.130 e. The summed E-state index contributed by atoms with van der Waals surface area (Å²) in [5, 5.41) is 10.2. The third-order valence-corrected chi connectivity index (χ3v) is 7.10. The lowest BCUT2D eigenvalue weighted by atomic mass is 9.60. The summed E-state index contributed by atoms with van der Waals surface area (Å²) in [4.78, 5) is 2.44. The van der Waals surface area contributed by atoms with Crippen molar-refractivity contribution < 1.29 is 8.78 Å². The zero-order valence-corrected chi connectivity index (χ0v) is 19.0. The molecule has 0 spiro atoms. The Morgan fingerprint density at radius 3 is 2.19 bits per heavy atom. The number of hydrogen-bond donors (Lipinski definition) is 0. The van der Waals surface area contributed by atoms with Gasteiger partial charge >= 0.3 is 0 Å². The molecule has 0 bridgehead atoms. The molecule has 2 nitrogen and oxygen atoms in total. The highest BCUT2D eigenvalue weighted by molar-refractivity contribution is 5.37. The largest absolute Gasteiger partial charge is 0.298 e. The minimum atomic E-state index is -1.09. The van der Waals surface area contributed by atoms with Gasteiger partial charge in [0.15, 0.2) is 0 Å². The van der Waals surface area contributed by atoms with E-state index in [9.17, 15) is 14.0 Å². The number of nitriles is 1. The quantitative estimate of drug-likeness (QED) is 0.427. The van der Waals surface area contributed by atoms with E-state index >= 15 is 0 Å². The van der Waals surface area contributed by atoms with E-state index in [1.165, 1.54) is 23.8 Å². The summed E-state index contributed by atoms with van der Waals surface area (Å²) in [5.41, 5.74) is 0.189. The zero-order chi connectivity index (χ0) is 22.4. The van der Waals surface area contributed by atoms with Crippen LogP contribution in [0, 0.1) is 28.9 Å². The molecular formula is C27H34F2N2. The molecule has 1 saturated carbocycles. The molecule has 2 aromatic carbocycles. The van der Waals surface area contributed by atoms with Gasteiger partial charge in [0.1, 0.15) is 11.6 Å². The molecule has 1 aliphatic carbocycles. The second-order valence-electron chi connectivity index (χ2n) is 9.26. The van der Waals surface area contributed by atoms with E-state index in [-0.39, 0.29) is 17.5 Å². The van der Waals surface area contributed by atoms with Crippen molar-refractivity contribution in [2.24, 2.45) is 5.92 Å². The molecule has 0 amide bonds. The molecule has 0 saturated heterocycles. The highest BCUT2D eigenvalue weighted by Crippen LogP contribution is 2.48. The number of hydrogen-bond acceptors (Lipinski definition) is 2. The molecule has 0 heterocycles. The van der Waals surface area contributed by atoms with E-state index < -0.39 is 17.0 Å². The molecule has 2 atom stereocenters. The number of nitrogens with zero attached hydrogens (tertiary/aromatic N) is 2. The smallest absolute Gasteiger partial charge is 0.130 e. The van der Waals surface area contributed by atoms with Crippen LogP contribution in [0.1, 0.15) is 64.0 Å². The summed E-state index contributed by atoms with van der Waals surface area (Å²) in [6, 6.07) is 17.3. The minimum absolute atomic E-state index is 0.0187. The van der Waals surface area contributed by atoms with Gasteiger partial charge in [0.25, 0.3) is 0 Å². The molecular weight excluding hydrogens is 390 g/mol. The van der Waals surface area contributed by atoms with Crippen molar-refractivity contribution >= 4 is 0 Å². The normalized spacial score (nSPS) is 17.2. The third kappa shape index (κ3) is 5.15. The topological polar surface area (TPSA) is 27.0 Å². The monoisotopic (exact) mass is 424 g/mol. The van der Waals surface area contributed by atoms with E-state index in [4.69, 9.17) is 0 Å². The molecule has 4 heteroatoms. The summed E-state index contributed by atoms with van der Waals surface area (Å²) >= 11 is 0. The van der Waals surface area contributed by atoms with Crippen molar-refractivity contribution in [1.82, 2.24) is 4.90 Å². The predicted octanol–water partition coefficient (Wildman–Crippen LogP) is 6.65. The van der Waals surface area contributed by atoms with Crippen LogP contribution in [-0.4, -0.2) is 23.5 Å². The van der Waals surface area contributed by atoms with Gasteiger partial charge in [-0.3, -0.25) is 4.90 Å². The van der Waals surface area contributed by atoms with E-state index in [1.807, 2.05) is 6.07 Å². The summed E-state index contributed by atoms with van der Waals surface area (Å²) in [6.45, 7) is 7.45. The predicted molar refractivity (Wildman–Crippen MR) is 122 cm³/mol. The maximum atomic E-state index is 14.8. The van der Waals surface area contributed by atoms with Crippen LogP contribution in [0.5, 0.6) is 0 Å². The van der Waals surface area contributed by atoms with Crippen molar-refractivity contribution in [3.63, 3.8) is 0 Å². The maximum absolute atomic E-state index is 14.8. The first-order valence-corrected chi connectivity index (χ1v) is 11.5. The molecule has 1 aliphatic rings. The van der Waals surface area contributed by atoms with Gasteiger partial charge in [-0.15, -0.1) is 0 Å². The van der Waals surface area contributed by atoms with Gasteiger partial charge in [-0.25, -0.2) is 8.78 Å². The summed E-state index contributed by atoms with van der Waals surface area (Å²) in [5.74, 6) is -1.16. The van der Waals surface area contributed by atoms with Crippen molar-refractivity contribution in [1.29, 1.82) is 5.26 Å². The van der Waals surface area contributed by atoms with Gasteiger partial charge in [0, 0.05) is 24.2 Å². The second kappa shape index (κ2) is 10.4. The van der Waals surface area contributed by atoms with Crippen LogP contribution in [0.15, 0.2) is 48.5 Å². The molecule has 31 heavy (non-hydrogen) atoms. The highest BCUT2D eigenvalue weighted by Gasteiger charge is 2.47. The molecule has 2 aromatic rings. The van der Waals surface area contributed by atoms with Crippen molar-refractivity contribution in [3.05, 3.63) is 71.3 Å². The summed E-state index contributed by atoms with van der Waals surface area (Å²) in [6.07, 6.45) is 4.90. The van der Waals surface area contributed by atoms with Crippen molar-refractivity contribution in [3.8, 4) is 6.07 Å². The van der Waals surface area contributed by atoms with Crippen LogP contribution in [0.3, 0.4) is 0 Å². The lowest BCUT2D eigenvalue weighted by molar-refractivity contribution is 0.132. The van der Waals surface area contributed by atoms with Crippen LogP contribution in [0.2, 0.25) is 0 Å². The molecule has 0 aromatic heterocycles. The fourth-order valence-electron chi connectivity index (χ4n) is 5.05. The molecule has 166 valence electrons. The average Bonchev–Trinajstić information content (AvgIpc) is 2.71. The number of benzene rings is 2. The lowest BCUT2D eigenvalue weighted by Gasteiger charge is -2.42. The third-order valence-electron chi connectivity index (χ3n) is 7.10.